The van der Waals surface area contributed by atoms with Crippen LogP contribution in [-0.2, 0) is 17.9 Å². The third kappa shape index (κ3) is 3.25. The molecule has 0 unspecified atom stereocenters. The van der Waals surface area contributed by atoms with Gasteiger partial charge in [-0.1, -0.05) is 0 Å². The van der Waals surface area contributed by atoms with Gasteiger partial charge in [0, 0.05) is 0 Å². The number of aryl methyl sites for hydroxylation is 1. The first-order chi connectivity index (χ1) is 10.5. The molecule has 1 heterocycles. The maximum atomic E-state index is 12.5. The Morgan fingerprint density at radius 3 is 2.64 bits per heavy atom. The Balaban J connectivity index is 2.84. The Bertz CT molecular complexity index is 796. The van der Waals surface area contributed by atoms with Crippen molar-refractivity contribution < 1.29 is 4.74 Å². The van der Waals surface area contributed by atoms with Crippen LogP contribution in [0.25, 0.3) is 11.3 Å². The van der Waals surface area contributed by atoms with Gasteiger partial charge in [-0.05, 0) is 0 Å². The van der Waals surface area contributed by atoms with E-state index in [1.807, 2.05) is 43.5 Å². The molecule has 0 aliphatic rings. The third-order valence-electron chi connectivity index (χ3n) is 3.47. The van der Waals surface area contributed by atoms with Gasteiger partial charge in [0.05, 0.1) is 0 Å². The van der Waals surface area contributed by atoms with Gasteiger partial charge in [-0.25, -0.2) is 0 Å². The molecule has 1 aromatic heterocycles. The molecule has 4 nitrogen and oxygen atoms in total. The summed E-state index contributed by atoms with van der Waals surface area (Å²) in [5, 5.41) is 0. The minimum atomic E-state index is -0.0863. The minimum absolute atomic E-state index is 0.0863. The first-order valence-corrected chi connectivity index (χ1v) is 8.39. The van der Waals surface area contributed by atoms with Gasteiger partial charge in [0.1, 0.15) is 0 Å². The van der Waals surface area contributed by atoms with E-state index in [1.165, 1.54) is 3.58 Å². The van der Waals surface area contributed by atoms with E-state index >= 15 is 0 Å². The average Bonchev–Trinajstić information content (AvgIpc) is 2.51. The van der Waals surface area contributed by atoms with Gasteiger partial charge in [-0.2, -0.15) is 0 Å². The quantitative estimate of drug-likeness (QED) is 0.589. The molecule has 0 aliphatic heterocycles. The standard InChI is InChI=1S/C16H19N2O2SSe/c1-4-13-14(12-8-6-7-11(3)9-12)17(10-20-5-2)16(21)18(22)15(13)19/h6-9H,4-5,10H2,1-3H3. The molecule has 22 heavy (non-hydrogen) atoms. The zero-order valence-electron chi connectivity index (χ0n) is 13.0. The number of benzene rings is 1. The fourth-order valence-electron chi connectivity index (χ4n) is 2.42. The normalized spacial score (nSPS) is 10.9. The summed E-state index contributed by atoms with van der Waals surface area (Å²) in [6, 6.07) is 8.09. The fraction of sp³-hybridized carbons (Fsp3) is 0.375. The van der Waals surface area contributed by atoms with E-state index < -0.39 is 0 Å². The van der Waals surface area contributed by atoms with E-state index in [2.05, 4.69) is 22.3 Å². The number of rotatable bonds is 5. The summed E-state index contributed by atoms with van der Waals surface area (Å²) in [7, 11) is 0. The van der Waals surface area contributed by atoms with E-state index in [1.54, 1.807) is 0 Å². The maximum absolute atomic E-state index is 12.5. The Morgan fingerprint density at radius 2 is 2.05 bits per heavy atom. The predicted octanol–water partition coefficient (Wildman–Crippen LogP) is 2.84. The molecule has 0 N–H and O–H groups in total. The summed E-state index contributed by atoms with van der Waals surface area (Å²) in [6.07, 6.45) is 0.630. The van der Waals surface area contributed by atoms with Gasteiger partial charge in [-0.15, -0.1) is 0 Å². The molecule has 0 aliphatic carbocycles. The number of hydrogen-bond donors (Lipinski definition) is 0. The van der Waals surface area contributed by atoms with Crippen molar-refractivity contribution in [2.45, 2.75) is 33.9 Å². The summed E-state index contributed by atoms with van der Waals surface area (Å²) in [6.45, 7) is 6.86. The Morgan fingerprint density at radius 1 is 1.32 bits per heavy atom. The molecule has 1 aromatic carbocycles. The van der Waals surface area contributed by atoms with Crippen LogP contribution in [0.1, 0.15) is 25.0 Å². The average molecular weight is 382 g/mol. The Hall–Kier alpha value is -1.20. The molecule has 0 bridgehead atoms. The van der Waals surface area contributed by atoms with Crippen LogP contribution in [0.2, 0.25) is 0 Å². The third-order valence-corrected chi connectivity index (χ3v) is 4.85. The van der Waals surface area contributed by atoms with Crippen molar-refractivity contribution in [3.8, 4) is 11.3 Å². The topological polar surface area (TPSA) is 36.2 Å². The van der Waals surface area contributed by atoms with Crippen LogP contribution in [0, 0.1) is 11.7 Å². The van der Waals surface area contributed by atoms with Crippen LogP contribution in [0.3, 0.4) is 0 Å². The SMILES string of the molecule is CCOCn1c(-c2cccc(C)c2)c(CC)c(=O)n([Se])c1=S. The first kappa shape index (κ1) is 17.2. The predicted molar refractivity (Wildman–Crippen MR) is 91.9 cm³/mol. The number of ether oxygens (including phenoxy) is 1. The van der Waals surface area contributed by atoms with Crippen molar-refractivity contribution in [3.63, 3.8) is 0 Å². The second-order valence-electron chi connectivity index (χ2n) is 4.98. The monoisotopic (exact) mass is 383 g/mol. The second-order valence-corrected chi connectivity index (χ2v) is 6.11. The first-order valence-electron chi connectivity index (χ1n) is 7.22. The van der Waals surface area contributed by atoms with Crippen LogP contribution in [0.15, 0.2) is 29.1 Å². The van der Waals surface area contributed by atoms with Crippen LogP contribution in [-0.4, -0.2) is 31.0 Å². The second kappa shape index (κ2) is 7.38. The van der Waals surface area contributed by atoms with Gasteiger partial charge >= 0.3 is 144 Å². The van der Waals surface area contributed by atoms with Crippen molar-refractivity contribution in [1.82, 2.24) is 8.15 Å². The molecule has 0 saturated carbocycles. The summed E-state index contributed by atoms with van der Waals surface area (Å²) in [5.41, 5.74) is 3.62. The van der Waals surface area contributed by atoms with E-state index in [-0.39, 0.29) is 5.56 Å². The molecule has 117 valence electrons. The number of hydrogen-bond acceptors (Lipinski definition) is 3. The van der Waals surface area contributed by atoms with Crippen LogP contribution in [0.5, 0.6) is 0 Å². The summed E-state index contributed by atoms with van der Waals surface area (Å²) in [5.74, 6) is 0. The molecule has 1 radical (unpaired) electrons. The molecule has 0 saturated heterocycles. The van der Waals surface area contributed by atoms with Gasteiger partial charge < -0.3 is 0 Å². The van der Waals surface area contributed by atoms with Crippen LogP contribution >= 0.6 is 12.2 Å². The van der Waals surface area contributed by atoms with E-state index in [0.29, 0.717) is 24.5 Å². The summed E-state index contributed by atoms with van der Waals surface area (Å²) in [4.78, 5) is 12.5. The van der Waals surface area contributed by atoms with Gasteiger partial charge in [-0.3, -0.25) is 0 Å². The zero-order chi connectivity index (χ0) is 16.3. The van der Waals surface area contributed by atoms with Crippen molar-refractivity contribution in [1.29, 1.82) is 0 Å². The van der Waals surface area contributed by atoms with Crippen molar-refractivity contribution in [3.05, 3.63) is 50.5 Å². The number of aromatic nitrogens is 2. The van der Waals surface area contributed by atoms with E-state index in [9.17, 15) is 4.79 Å². The number of nitrogens with zero attached hydrogens (tertiary/aromatic N) is 2. The Kier molecular flexibility index (Phi) is 5.75. The van der Waals surface area contributed by atoms with E-state index in [0.717, 1.165) is 22.4 Å². The van der Waals surface area contributed by atoms with Gasteiger partial charge in [0.2, 0.25) is 0 Å². The van der Waals surface area contributed by atoms with Crippen molar-refractivity contribution in [2.24, 2.45) is 0 Å². The molecular weight excluding hydrogens is 363 g/mol. The van der Waals surface area contributed by atoms with Gasteiger partial charge in [0.25, 0.3) is 0 Å². The summed E-state index contributed by atoms with van der Waals surface area (Å²) < 4.78 is 9.25. The molecular formula is C16H19N2O2SSe. The fourth-order valence-corrected chi connectivity index (χ4v) is 3.09. The molecule has 6 heteroatoms. The zero-order valence-corrected chi connectivity index (χ0v) is 15.5. The molecule has 2 aromatic rings. The Labute approximate surface area is 143 Å². The molecule has 2 rings (SSSR count). The van der Waals surface area contributed by atoms with Gasteiger partial charge in [0.15, 0.2) is 0 Å². The molecule has 0 spiro atoms. The van der Waals surface area contributed by atoms with Crippen molar-refractivity contribution in [2.75, 3.05) is 6.61 Å². The molecule has 0 atom stereocenters. The van der Waals surface area contributed by atoms with Crippen molar-refractivity contribution >= 4 is 28.4 Å². The van der Waals surface area contributed by atoms with Crippen LogP contribution < -0.4 is 5.56 Å². The van der Waals surface area contributed by atoms with Crippen LogP contribution in [0.4, 0.5) is 0 Å². The summed E-state index contributed by atoms with van der Waals surface area (Å²) >= 11 is 8.18. The van der Waals surface area contributed by atoms with E-state index in [4.69, 9.17) is 17.0 Å². The molecule has 0 amide bonds. The molecule has 0 fully saturated rings.